The Hall–Kier alpha value is -0.920. The molecular formula is C9H12N2. The quantitative estimate of drug-likeness (QED) is 0.469. The highest BCUT2D eigenvalue weighted by Crippen LogP contribution is 2.22. The molecule has 58 valence electrons. The number of hydrogen-bond acceptors (Lipinski definition) is 2. The lowest BCUT2D eigenvalue weighted by molar-refractivity contribution is 1.10. The van der Waals surface area contributed by atoms with E-state index in [0.29, 0.717) is 6.67 Å². The predicted octanol–water partition coefficient (Wildman–Crippen LogP) is 1.97. The van der Waals surface area contributed by atoms with Crippen LogP contribution in [0, 0.1) is 0 Å². The summed E-state index contributed by atoms with van der Waals surface area (Å²) in [6.07, 6.45) is 2.06. The zero-order valence-electron chi connectivity index (χ0n) is 7.02. The third kappa shape index (κ3) is 1.02. The Labute approximate surface area is 66.7 Å². The molecule has 0 saturated heterocycles. The van der Waals surface area contributed by atoms with Gasteiger partial charge < -0.3 is 0 Å². The van der Waals surface area contributed by atoms with Gasteiger partial charge in [-0.25, -0.2) is 0 Å². The molecular weight excluding hydrogens is 136 g/mol. The summed E-state index contributed by atoms with van der Waals surface area (Å²) in [7, 11) is 0. The molecule has 0 unspecified atom stereocenters. The number of aliphatic imine (C=N–C) groups is 2. The van der Waals surface area contributed by atoms with Gasteiger partial charge in [0.1, 0.15) is 6.67 Å². The summed E-state index contributed by atoms with van der Waals surface area (Å²) in [6, 6.07) is 0. The second kappa shape index (κ2) is 2.29. The van der Waals surface area contributed by atoms with Crippen LogP contribution in [0.15, 0.2) is 21.1 Å². The summed E-state index contributed by atoms with van der Waals surface area (Å²) < 4.78 is 0. The summed E-state index contributed by atoms with van der Waals surface area (Å²) in [5.41, 5.74) is 5.41. The van der Waals surface area contributed by atoms with Crippen LogP contribution in [0.4, 0.5) is 0 Å². The Balaban J connectivity index is 2.35. The minimum atomic E-state index is 0.672. The maximum Gasteiger partial charge on any atom is 0.130 e. The lowest BCUT2D eigenvalue weighted by Gasteiger charge is -2.15. The number of allylic oxidation sites excluding steroid dienone is 2. The number of fused-ring (bicyclic) bond motifs is 1. The molecule has 0 saturated carbocycles. The van der Waals surface area contributed by atoms with Crippen molar-refractivity contribution < 1.29 is 0 Å². The van der Waals surface area contributed by atoms with Crippen LogP contribution in [0.3, 0.4) is 0 Å². The van der Waals surface area contributed by atoms with Crippen LogP contribution in [0.2, 0.25) is 0 Å². The van der Waals surface area contributed by atoms with Gasteiger partial charge >= 0.3 is 0 Å². The molecule has 2 heteroatoms. The van der Waals surface area contributed by atoms with Gasteiger partial charge in [-0.05, 0) is 13.8 Å². The molecule has 2 rings (SSSR count). The minimum Gasteiger partial charge on any atom is -0.264 e. The van der Waals surface area contributed by atoms with E-state index in [1.54, 1.807) is 0 Å². The molecule has 0 fully saturated rings. The minimum absolute atomic E-state index is 0.672. The van der Waals surface area contributed by atoms with Gasteiger partial charge in [-0.3, -0.25) is 9.98 Å². The largest absolute Gasteiger partial charge is 0.264 e. The third-order valence-electron chi connectivity index (χ3n) is 2.45. The molecule has 0 amide bonds. The molecule has 0 aromatic carbocycles. The van der Waals surface area contributed by atoms with E-state index >= 15 is 0 Å². The zero-order valence-corrected chi connectivity index (χ0v) is 7.02. The van der Waals surface area contributed by atoms with Crippen molar-refractivity contribution in [2.24, 2.45) is 9.98 Å². The van der Waals surface area contributed by atoms with Gasteiger partial charge in [0.25, 0.3) is 0 Å². The van der Waals surface area contributed by atoms with Gasteiger partial charge in [-0.2, -0.15) is 0 Å². The first kappa shape index (κ1) is 6.77. The third-order valence-corrected chi connectivity index (χ3v) is 2.45. The van der Waals surface area contributed by atoms with E-state index in [0.717, 1.165) is 12.8 Å². The van der Waals surface area contributed by atoms with Crippen molar-refractivity contribution in [1.82, 2.24) is 0 Å². The summed E-state index contributed by atoms with van der Waals surface area (Å²) in [4.78, 5) is 8.64. The first-order valence-electron chi connectivity index (χ1n) is 3.99. The molecule has 0 aromatic heterocycles. The Morgan fingerprint density at radius 1 is 0.909 bits per heavy atom. The maximum atomic E-state index is 4.32. The summed E-state index contributed by atoms with van der Waals surface area (Å²) >= 11 is 0. The molecule has 11 heavy (non-hydrogen) atoms. The van der Waals surface area contributed by atoms with E-state index in [-0.39, 0.29) is 0 Å². The van der Waals surface area contributed by atoms with Gasteiger partial charge in [-0.15, -0.1) is 0 Å². The van der Waals surface area contributed by atoms with Crippen LogP contribution < -0.4 is 0 Å². The van der Waals surface area contributed by atoms with Gasteiger partial charge in [0.2, 0.25) is 0 Å². The molecule has 0 atom stereocenters. The standard InChI is InChI=1S/C9H12N2/c1-6-3-8-9(4-7(6)2)11-5-10-8/h3-5H2,1-2H3. The van der Waals surface area contributed by atoms with Crippen LogP contribution in [-0.4, -0.2) is 18.1 Å². The summed E-state index contributed by atoms with van der Waals surface area (Å²) in [5.74, 6) is 0. The average Bonchev–Trinajstić information content (AvgIpc) is 2.36. The zero-order chi connectivity index (χ0) is 7.84. The Morgan fingerprint density at radius 2 is 1.36 bits per heavy atom. The first-order valence-corrected chi connectivity index (χ1v) is 3.99. The molecule has 0 N–H and O–H groups in total. The SMILES string of the molecule is CC1=C(C)CC2=NCN=C2C1. The van der Waals surface area contributed by atoms with Gasteiger partial charge in [0.15, 0.2) is 0 Å². The van der Waals surface area contributed by atoms with Crippen LogP contribution in [-0.2, 0) is 0 Å². The fraction of sp³-hybridized carbons (Fsp3) is 0.556. The molecule has 0 aromatic rings. The van der Waals surface area contributed by atoms with E-state index in [1.807, 2.05) is 0 Å². The monoisotopic (exact) mass is 148 g/mol. The van der Waals surface area contributed by atoms with Crippen LogP contribution >= 0.6 is 0 Å². The Kier molecular flexibility index (Phi) is 1.41. The molecule has 2 aliphatic rings. The lowest BCUT2D eigenvalue weighted by atomic mass is 9.91. The maximum absolute atomic E-state index is 4.32. The van der Waals surface area contributed by atoms with Crippen molar-refractivity contribution in [3.8, 4) is 0 Å². The second-order valence-electron chi connectivity index (χ2n) is 3.27. The Morgan fingerprint density at radius 3 is 1.82 bits per heavy atom. The van der Waals surface area contributed by atoms with E-state index in [9.17, 15) is 0 Å². The van der Waals surface area contributed by atoms with Crippen molar-refractivity contribution in [2.75, 3.05) is 6.67 Å². The van der Waals surface area contributed by atoms with Crippen LogP contribution in [0.5, 0.6) is 0 Å². The highest BCUT2D eigenvalue weighted by atomic mass is 15.0. The highest BCUT2D eigenvalue weighted by molar-refractivity contribution is 6.44. The molecule has 1 heterocycles. The van der Waals surface area contributed by atoms with Crippen LogP contribution in [0.25, 0.3) is 0 Å². The van der Waals surface area contributed by atoms with Crippen molar-refractivity contribution in [3.63, 3.8) is 0 Å². The van der Waals surface area contributed by atoms with Gasteiger partial charge in [-0.1, -0.05) is 11.1 Å². The number of rotatable bonds is 0. The average molecular weight is 148 g/mol. The van der Waals surface area contributed by atoms with E-state index in [2.05, 4.69) is 23.8 Å². The van der Waals surface area contributed by atoms with Crippen molar-refractivity contribution in [3.05, 3.63) is 11.1 Å². The number of hydrogen-bond donors (Lipinski definition) is 0. The molecule has 0 radical (unpaired) electrons. The fourth-order valence-electron chi connectivity index (χ4n) is 1.51. The second-order valence-corrected chi connectivity index (χ2v) is 3.27. The van der Waals surface area contributed by atoms with Crippen molar-refractivity contribution in [1.29, 1.82) is 0 Å². The van der Waals surface area contributed by atoms with E-state index in [1.165, 1.54) is 22.6 Å². The first-order chi connectivity index (χ1) is 5.27. The molecule has 1 aliphatic carbocycles. The summed E-state index contributed by atoms with van der Waals surface area (Å²) in [5, 5.41) is 0. The smallest absolute Gasteiger partial charge is 0.130 e. The van der Waals surface area contributed by atoms with Crippen molar-refractivity contribution in [2.45, 2.75) is 26.7 Å². The lowest BCUT2D eigenvalue weighted by Crippen LogP contribution is -2.17. The van der Waals surface area contributed by atoms with Gasteiger partial charge in [0.05, 0.1) is 11.4 Å². The molecule has 0 spiro atoms. The van der Waals surface area contributed by atoms with E-state index < -0.39 is 0 Å². The normalized spacial score (nSPS) is 23.1. The van der Waals surface area contributed by atoms with E-state index in [4.69, 9.17) is 0 Å². The van der Waals surface area contributed by atoms with Crippen LogP contribution in [0.1, 0.15) is 26.7 Å². The predicted molar refractivity (Wildman–Crippen MR) is 47.3 cm³/mol. The highest BCUT2D eigenvalue weighted by Gasteiger charge is 2.19. The van der Waals surface area contributed by atoms with Crippen molar-refractivity contribution >= 4 is 11.4 Å². The number of nitrogens with zero attached hydrogens (tertiary/aromatic N) is 2. The Bertz CT molecular complexity index is 254. The topological polar surface area (TPSA) is 24.7 Å². The molecule has 0 bridgehead atoms. The van der Waals surface area contributed by atoms with Gasteiger partial charge in [0, 0.05) is 12.8 Å². The molecule has 1 aliphatic heterocycles. The molecule has 2 nitrogen and oxygen atoms in total. The summed E-state index contributed by atoms with van der Waals surface area (Å²) in [6.45, 7) is 5.05. The fourth-order valence-corrected chi connectivity index (χ4v) is 1.51.